The monoisotopic (exact) mass is 250 g/mol. The summed E-state index contributed by atoms with van der Waals surface area (Å²) in [5.74, 6) is 0.250. The average molecular weight is 250 g/mol. The maximum Gasteiger partial charge on any atom is 0.161 e. The van der Waals surface area contributed by atoms with Crippen LogP contribution < -0.4 is 0 Å². The van der Waals surface area contributed by atoms with Crippen molar-refractivity contribution in [3.05, 3.63) is 11.1 Å². The van der Waals surface area contributed by atoms with Crippen LogP contribution in [0.4, 0.5) is 0 Å². The van der Waals surface area contributed by atoms with Gasteiger partial charge in [-0.15, -0.1) is 0 Å². The number of ketones is 1. The number of Topliss-reactive ketones (excluding diaryl/α,β-unsaturated/α-hetero) is 1. The summed E-state index contributed by atoms with van der Waals surface area (Å²) in [6, 6.07) is 0. The van der Waals surface area contributed by atoms with E-state index < -0.39 is 0 Å². The topological polar surface area (TPSA) is 42.1 Å². The minimum Gasteiger partial charge on any atom is -0.366 e. The molecule has 1 saturated carbocycles. The predicted molar refractivity (Wildman–Crippen MR) is 68.4 cm³/mol. The lowest BCUT2D eigenvalue weighted by Crippen LogP contribution is -2.23. The van der Waals surface area contributed by atoms with E-state index in [-0.39, 0.29) is 29.2 Å². The molecule has 1 aliphatic carbocycles. The lowest BCUT2D eigenvalue weighted by Gasteiger charge is -2.14. The number of epoxide rings is 2. The second kappa shape index (κ2) is 3.67. The van der Waals surface area contributed by atoms with Crippen LogP contribution in [0.1, 0.15) is 53.4 Å². The van der Waals surface area contributed by atoms with E-state index in [4.69, 9.17) is 9.47 Å². The Morgan fingerprint density at radius 1 is 1.17 bits per heavy atom. The van der Waals surface area contributed by atoms with Gasteiger partial charge in [-0.3, -0.25) is 4.79 Å². The molecular formula is C15H22O3. The third-order valence-electron chi connectivity index (χ3n) is 4.81. The fourth-order valence-electron chi connectivity index (χ4n) is 3.20. The van der Waals surface area contributed by atoms with E-state index in [1.165, 1.54) is 0 Å². The highest BCUT2D eigenvalue weighted by Crippen LogP contribution is 2.50. The smallest absolute Gasteiger partial charge is 0.161 e. The molecule has 0 aromatic heterocycles. The highest BCUT2D eigenvalue weighted by Gasteiger charge is 2.58. The molecule has 0 spiro atoms. The number of allylic oxidation sites excluding steroid dienone is 1. The van der Waals surface area contributed by atoms with Crippen LogP contribution >= 0.6 is 0 Å². The Bertz CT molecular complexity index is 435. The van der Waals surface area contributed by atoms with Gasteiger partial charge >= 0.3 is 0 Å². The third-order valence-corrected chi connectivity index (χ3v) is 4.81. The van der Waals surface area contributed by atoms with Crippen molar-refractivity contribution in [3.63, 3.8) is 0 Å². The van der Waals surface area contributed by atoms with Gasteiger partial charge in [-0.2, -0.15) is 0 Å². The second-order valence-electron chi connectivity index (χ2n) is 6.66. The molecule has 3 heteroatoms. The van der Waals surface area contributed by atoms with Crippen molar-refractivity contribution in [1.29, 1.82) is 0 Å². The van der Waals surface area contributed by atoms with Gasteiger partial charge in [0.25, 0.3) is 0 Å². The van der Waals surface area contributed by atoms with Crippen LogP contribution in [0, 0.1) is 0 Å². The van der Waals surface area contributed by atoms with E-state index in [0.717, 1.165) is 30.4 Å². The quantitative estimate of drug-likeness (QED) is 0.490. The van der Waals surface area contributed by atoms with Crippen molar-refractivity contribution in [1.82, 2.24) is 0 Å². The fraction of sp³-hybridized carbons (Fsp3) is 0.800. The van der Waals surface area contributed by atoms with Gasteiger partial charge in [0, 0.05) is 12.8 Å². The number of hydrogen-bond donors (Lipinski definition) is 0. The van der Waals surface area contributed by atoms with E-state index in [0.29, 0.717) is 6.42 Å². The molecule has 2 aliphatic heterocycles. The van der Waals surface area contributed by atoms with Gasteiger partial charge in [0.1, 0.15) is 0 Å². The molecule has 3 rings (SSSR count). The molecule has 3 fully saturated rings. The highest BCUT2D eigenvalue weighted by atomic mass is 16.6. The summed E-state index contributed by atoms with van der Waals surface area (Å²) < 4.78 is 11.6. The standard InChI is InChI=1S/C15H22O3/c1-9(2)10-7-13-14(3,18-13)6-5-12-15(4,17-12)8-11(10)16/h12-13H,5-8H2,1-4H3/t12?,13?,14-,15+/m0/s1. The van der Waals surface area contributed by atoms with Gasteiger partial charge in [0.05, 0.1) is 23.4 Å². The Kier molecular flexibility index (Phi) is 2.52. The first-order valence-corrected chi connectivity index (χ1v) is 6.89. The van der Waals surface area contributed by atoms with E-state index in [9.17, 15) is 4.79 Å². The first-order chi connectivity index (χ1) is 8.34. The average Bonchev–Trinajstić information content (AvgIpc) is 3.09. The Hall–Kier alpha value is -0.670. The molecule has 0 bridgehead atoms. The number of ether oxygens (including phenoxy) is 2. The minimum atomic E-state index is -0.212. The SMILES string of the molecule is CC(C)=C1CC2O[C@@]2(C)CCC2O[C@]2(C)CC1=O. The Morgan fingerprint density at radius 2 is 1.83 bits per heavy atom. The number of hydrogen-bond acceptors (Lipinski definition) is 3. The Labute approximate surface area is 109 Å². The lowest BCUT2D eigenvalue weighted by molar-refractivity contribution is -0.116. The number of carbonyl (C=O) groups is 1. The number of rotatable bonds is 0. The van der Waals surface area contributed by atoms with Gasteiger partial charge < -0.3 is 9.47 Å². The molecule has 0 amide bonds. The molecule has 0 N–H and O–H groups in total. The molecule has 100 valence electrons. The minimum absolute atomic E-state index is 0.0226. The largest absolute Gasteiger partial charge is 0.366 e. The van der Waals surface area contributed by atoms with E-state index in [1.54, 1.807) is 0 Å². The number of carbonyl (C=O) groups excluding carboxylic acids is 1. The molecule has 2 saturated heterocycles. The molecule has 2 unspecified atom stereocenters. The molecular weight excluding hydrogens is 228 g/mol. The normalized spacial score (nSPS) is 47.1. The van der Waals surface area contributed by atoms with Crippen molar-refractivity contribution in [2.75, 3.05) is 0 Å². The summed E-state index contributed by atoms with van der Waals surface area (Å²) in [6.07, 6.45) is 3.84. The van der Waals surface area contributed by atoms with Gasteiger partial charge in [0.2, 0.25) is 0 Å². The van der Waals surface area contributed by atoms with Gasteiger partial charge in [-0.05, 0) is 46.1 Å². The fourth-order valence-corrected chi connectivity index (χ4v) is 3.20. The summed E-state index contributed by atoms with van der Waals surface area (Å²) in [5, 5.41) is 0. The summed E-state index contributed by atoms with van der Waals surface area (Å²) in [7, 11) is 0. The first kappa shape index (κ1) is 12.4. The van der Waals surface area contributed by atoms with E-state index in [1.807, 2.05) is 13.8 Å². The van der Waals surface area contributed by atoms with Crippen LogP contribution in [0.2, 0.25) is 0 Å². The molecule has 0 radical (unpaired) electrons. The van der Waals surface area contributed by atoms with Crippen molar-refractivity contribution >= 4 is 5.78 Å². The molecule has 18 heavy (non-hydrogen) atoms. The van der Waals surface area contributed by atoms with Gasteiger partial charge in [-0.25, -0.2) is 0 Å². The summed E-state index contributed by atoms with van der Waals surface area (Å²) in [4.78, 5) is 12.4. The second-order valence-corrected chi connectivity index (χ2v) is 6.66. The van der Waals surface area contributed by atoms with Crippen LogP contribution in [0.15, 0.2) is 11.1 Å². The highest BCUT2D eigenvalue weighted by molar-refractivity contribution is 5.97. The summed E-state index contributed by atoms with van der Waals surface area (Å²) in [5.41, 5.74) is 1.85. The van der Waals surface area contributed by atoms with Crippen LogP contribution in [-0.2, 0) is 14.3 Å². The lowest BCUT2D eigenvalue weighted by atomic mass is 9.85. The zero-order chi connectivity index (χ0) is 13.1. The molecule has 3 aliphatic rings. The Morgan fingerprint density at radius 3 is 2.50 bits per heavy atom. The predicted octanol–water partition coefficient (Wildman–Crippen LogP) is 2.78. The summed E-state index contributed by atoms with van der Waals surface area (Å²) >= 11 is 0. The molecule has 0 aromatic carbocycles. The third kappa shape index (κ3) is 1.94. The molecule has 4 atom stereocenters. The van der Waals surface area contributed by atoms with Crippen molar-refractivity contribution < 1.29 is 14.3 Å². The van der Waals surface area contributed by atoms with Crippen molar-refractivity contribution in [2.45, 2.75) is 76.8 Å². The first-order valence-electron chi connectivity index (χ1n) is 6.89. The van der Waals surface area contributed by atoms with Crippen LogP contribution in [0.25, 0.3) is 0 Å². The molecule has 2 heterocycles. The van der Waals surface area contributed by atoms with Gasteiger partial charge in [-0.1, -0.05) is 5.57 Å². The van der Waals surface area contributed by atoms with E-state index >= 15 is 0 Å². The van der Waals surface area contributed by atoms with Gasteiger partial charge in [0.15, 0.2) is 5.78 Å². The maximum atomic E-state index is 12.4. The number of fused-ring (bicyclic) bond motifs is 2. The van der Waals surface area contributed by atoms with Crippen LogP contribution in [0.3, 0.4) is 0 Å². The summed E-state index contributed by atoms with van der Waals surface area (Å²) in [6.45, 7) is 8.26. The molecule has 0 aromatic rings. The van der Waals surface area contributed by atoms with Crippen molar-refractivity contribution in [2.24, 2.45) is 0 Å². The Balaban J connectivity index is 1.86. The van der Waals surface area contributed by atoms with Crippen LogP contribution in [0.5, 0.6) is 0 Å². The van der Waals surface area contributed by atoms with E-state index in [2.05, 4.69) is 13.8 Å². The molecule has 3 nitrogen and oxygen atoms in total. The van der Waals surface area contributed by atoms with Crippen LogP contribution in [-0.4, -0.2) is 29.2 Å². The zero-order valence-electron chi connectivity index (χ0n) is 11.7. The zero-order valence-corrected chi connectivity index (χ0v) is 11.7. The van der Waals surface area contributed by atoms with Crippen molar-refractivity contribution in [3.8, 4) is 0 Å². The maximum absolute atomic E-state index is 12.4.